The average molecular weight is 448 g/mol. The Kier molecular flexibility index (Phi) is 8.00. The summed E-state index contributed by atoms with van der Waals surface area (Å²) < 4.78 is 21.3. The summed E-state index contributed by atoms with van der Waals surface area (Å²) in [4.78, 5) is 18.4. The third-order valence-corrected chi connectivity index (χ3v) is 5.96. The van der Waals surface area contributed by atoms with Crippen LogP contribution in [0.25, 0.3) is 22.4 Å². The molecule has 172 valence electrons. The minimum Gasteiger partial charge on any atom is -0.497 e. The molecule has 0 aliphatic rings. The summed E-state index contributed by atoms with van der Waals surface area (Å²) in [7, 11) is 3.32. The van der Waals surface area contributed by atoms with Crippen LogP contribution in [0, 0.1) is 23.1 Å². The fourth-order valence-electron chi connectivity index (χ4n) is 3.97. The molecule has 1 heterocycles. The molecule has 5 nitrogen and oxygen atoms in total. The van der Waals surface area contributed by atoms with Crippen LogP contribution in [0.3, 0.4) is 0 Å². The highest BCUT2D eigenvalue weighted by Gasteiger charge is 2.20. The van der Waals surface area contributed by atoms with Gasteiger partial charge in [0.1, 0.15) is 23.5 Å². The van der Waals surface area contributed by atoms with Crippen molar-refractivity contribution in [3.8, 4) is 34.2 Å². The lowest BCUT2D eigenvalue weighted by Crippen LogP contribution is -2.26. The second kappa shape index (κ2) is 10.9. The Morgan fingerprint density at radius 1 is 1.15 bits per heavy atom. The maximum atomic E-state index is 14.5. The smallest absolute Gasteiger partial charge is 0.261 e. The molecule has 0 aliphatic heterocycles. The Morgan fingerprint density at radius 2 is 1.85 bits per heavy atom. The number of benzene rings is 2. The van der Waals surface area contributed by atoms with Crippen LogP contribution in [0.15, 0.2) is 47.3 Å². The number of halogens is 1. The van der Waals surface area contributed by atoms with Crippen LogP contribution in [0.1, 0.15) is 50.9 Å². The second-order valence-electron chi connectivity index (χ2n) is 8.46. The molecular formula is C27H30FN3O2. The van der Waals surface area contributed by atoms with Crippen LogP contribution in [0.5, 0.6) is 5.75 Å². The zero-order chi connectivity index (χ0) is 24.0. The van der Waals surface area contributed by atoms with Crippen LogP contribution < -0.4 is 10.3 Å². The van der Waals surface area contributed by atoms with E-state index in [1.54, 1.807) is 49.1 Å². The minimum absolute atomic E-state index is 0.0432. The van der Waals surface area contributed by atoms with Crippen molar-refractivity contribution in [2.75, 3.05) is 7.11 Å². The second-order valence-corrected chi connectivity index (χ2v) is 8.46. The summed E-state index contributed by atoms with van der Waals surface area (Å²) in [6.07, 6.45) is 5.20. The van der Waals surface area contributed by atoms with Crippen molar-refractivity contribution in [2.45, 2.75) is 46.0 Å². The van der Waals surface area contributed by atoms with Crippen LogP contribution in [-0.4, -0.2) is 16.7 Å². The quantitative estimate of drug-likeness (QED) is 0.384. The number of aromatic nitrogens is 2. The van der Waals surface area contributed by atoms with Gasteiger partial charge < -0.3 is 4.74 Å². The molecule has 3 rings (SSSR count). The first-order valence-corrected chi connectivity index (χ1v) is 11.3. The van der Waals surface area contributed by atoms with Gasteiger partial charge in [-0.05, 0) is 35.7 Å². The lowest BCUT2D eigenvalue weighted by Gasteiger charge is -2.18. The Bertz CT molecular complexity index is 1210. The van der Waals surface area contributed by atoms with Gasteiger partial charge in [-0.1, -0.05) is 57.7 Å². The number of methoxy groups -OCH3 is 1. The van der Waals surface area contributed by atoms with Gasteiger partial charge >= 0.3 is 0 Å². The zero-order valence-corrected chi connectivity index (χ0v) is 19.7. The van der Waals surface area contributed by atoms with E-state index in [2.05, 4.69) is 13.8 Å². The first kappa shape index (κ1) is 24.2. The molecular weight excluding hydrogens is 417 g/mol. The predicted octanol–water partition coefficient (Wildman–Crippen LogP) is 5.89. The van der Waals surface area contributed by atoms with E-state index in [-0.39, 0.29) is 11.1 Å². The van der Waals surface area contributed by atoms with E-state index >= 15 is 0 Å². The average Bonchev–Trinajstić information content (AvgIpc) is 2.82. The molecule has 0 radical (unpaired) electrons. The Labute approximate surface area is 194 Å². The topological polar surface area (TPSA) is 67.9 Å². The molecule has 0 bridgehead atoms. The van der Waals surface area contributed by atoms with Crippen LogP contribution in [0.4, 0.5) is 4.39 Å². The Morgan fingerprint density at radius 3 is 2.45 bits per heavy atom. The van der Waals surface area contributed by atoms with E-state index in [0.717, 1.165) is 19.3 Å². The van der Waals surface area contributed by atoms with Crippen molar-refractivity contribution < 1.29 is 9.13 Å². The van der Waals surface area contributed by atoms with E-state index in [1.165, 1.54) is 18.6 Å². The largest absolute Gasteiger partial charge is 0.497 e. The van der Waals surface area contributed by atoms with Crippen LogP contribution in [-0.2, 0) is 13.5 Å². The van der Waals surface area contributed by atoms with Gasteiger partial charge in [-0.3, -0.25) is 9.36 Å². The summed E-state index contributed by atoms with van der Waals surface area (Å²) in [5.41, 5.74) is 1.72. The molecule has 3 aromatic rings. The monoisotopic (exact) mass is 447 g/mol. The standard InChI is InChI=1S/C27H30FN3O2/c1-5-6-7-8-18(2)15-24-30-26(20-9-10-21(17-29)23(28)16-20)25(27(32)31(24)3)19-11-13-22(33-4)14-12-19/h9-14,16,18H,5-8,15H2,1-4H3. The third kappa shape index (κ3) is 5.48. The molecule has 0 fully saturated rings. The first-order chi connectivity index (χ1) is 15.9. The summed E-state index contributed by atoms with van der Waals surface area (Å²) in [6, 6.07) is 13.3. The van der Waals surface area contributed by atoms with Gasteiger partial charge in [-0.15, -0.1) is 0 Å². The minimum atomic E-state index is -0.632. The van der Waals surface area contributed by atoms with Gasteiger partial charge in [-0.25, -0.2) is 9.37 Å². The highest BCUT2D eigenvalue weighted by molar-refractivity contribution is 5.80. The maximum Gasteiger partial charge on any atom is 0.261 e. The van der Waals surface area contributed by atoms with Gasteiger partial charge in [0.05, 0.1) is 23.9 Å². The molecule has 1 atom stereocenters. The summed E-state index contributed by atoms with van der Waals surface area (Å²) in [6.45, 7) is 4.34. The number of hydrogen-bond acceptors (Lipinski definition) is 4. The van der Waals surface area contributed by atoms with Crippen molar-refractivity contribution in [1.29, 1.82) is 5.26 Å². The number of rotatable bonds is 9. The van der Waals surface area contributed by atoms with Gasteiger partial charge in [0, 0.05) is 19.0 Å². The van der Waals surface area contributed by atoms with Gasteiger partial charge in [0.15, 0.2) is 0 Å². The van der Waals surface area contributed by atoms with E-state index in [4.69, 9.17) is 15.0 Å². The van der Waals surface area contributed by atoms with Gasteiger partial charge in [0.25, 0.3) is 5.56 Å². The maximum absolute atomic E-state index is 14.5. The Hall–Kier alpha value is -3.46. The molecule has 0 saturated heterocycles. The Balaban J connectivity index is 2.15. The summed E-state index contributed by atoms with van der Waals surface area (Å²) in [5, 5.41) is 9.10. The fraction of sp³-hybridized carbons (Fsp3) is 0.370. The van der Waals surface area contributed by atoms with Crippen LogP contribution in [0.2, 0.25) is 0 Å². The normalized spacial score (nSPS) is 11.8. The zero-order valence-electron chi connectivity index (χ0n) is 19.7. The molecule has 2 aromatic carbocycles. The SMILES string of the molecule is CCCCCC(C)Cc1nc(-c2ccc(C#N)c(F)c2)c(-c2ccc(OC)cc2)c(=O)n1C. The summed E-state index contributed by atoms with van der Waals surface area (Å²) >= 11 is 0. The van der Waals surface area contributed by atoms with Crippen molar-refractivity contribution in [1.82, 2.24) is 9.55 Å². The molecule has 0 N–H and O–H groups in total. The molecule has 33 heavy (non-hydrogen) atoms. The lowest BCUT2D eigenvalue weighted by molar-refractivity contribution is 0.415. The first-order valence-electron chi connectivity index (χ1n) is 11.3. The molecule has 0 amide bonds. The van der Waals surface area contributed by atoms with E-state index in [9.17, 15) is 9.18 Å². The van der Waals surface area contributed by atoms with Crippen molar-refractivity contribution in [3.63, 3.8) is 0 Å². The summed E-state index contributed by atoms with van der Waals surface area (Å²) in [5.74, 6) is 1.08. The molecule has 0 spiro atoms. The molecule has 1 unspecified atom stereocenters. The van der Waals surface area contributed by atoms with E-state index in [0.29, 0.717) is 46.3 Å². The molecule has 0 saturated carbocycles. The number of nitrogens with zero attached hydrogens (tertiary/aromatic N) is 3. The number of hydrogen-bond donors (Lipinski definition) is 0. The predicted molar refractivity (Wildman–Crippen MR) is 129 cm³/mol. The van der Waals surface area contributed by atoms with Crippen molar-refractivity contribution in [2.24, 2.45) is 13.0 Å². The number of ether oxygens (including phenoxy) is 1. The third-order valence-electron chi connectivity index (χ3n) is 5.96. The fourth-order valence-corrected chi connectivity index (χ4v) is 3.97. The highest BCUT2D eigenvalue weighted by Crippen LogP contribution is 2.31. The number of nitriles is 1. The number of unbranched alkanes of at least 4 members (excludes halogenated alkanes) is 2. The molecule has 0 aliphatic carbocycles. The highest BCUT2D eigenvalue weighted by atomic mass is 19.1. The molecule has 1 aromatic heterocycles. The van der Waals surface area contributed by atoms with E-state index in [1.807, 2.05) is 6.07 Å². The van der Waals surface area contributed by atoms with Gasteiger partial charge in [0.2, 0.25) is 0 Å². The van der Waals surface area contributed by atoms with E-state index < -0.39 is 5.82 Å². The van der Waals surface area contributed by atoms with Crippen LogP contribution >= 0.6 is 0 Å². The van der Waals surface area contributed by atoms with Crippen molar-refractivity contribution >= 4 is 0 Å². The van der Waals surface area contributed by atoms with Crippen molar-refractivity contribution in [3.05, 3.63) is 70.0 Å². The molecule has 6 heteroatoms. The lowest BCUT2D eigenvalue weighted by atomic mass is 9.97. The van der Waals surface area contributed by atoms with Gasteiger partial charge in [-0.2, -0.15) is 5.26 Å².